The van der Waals surface area contributed by atoms with Crippen molar-refractivity contribution in [3.8, 4) is 10.4 Å². The fraction of sp³-hybridized carbons (Fsp3) is 0.455. The number of nitrogens with two attached hydrogens (primary N) is 1. The number of likely N-dealkylation sites (tertiary alicyclic amines) is 1. The molecule has 1 aliphatic carbocycles. The Hall–Kier alpha value is -2.14. The number of benzene rings is 1. The standard InChI is InChI=1S/C22H26N2O2S/c23-21(26)22(9-11-24(12-10-22)20(25)17-5-2-6-17)15-16-4-1-7-18(14-16)19-8-3-13-27-19/h1,3-4,7-8,13-14,17H,2,5-6,9-12,15H2,(H2,23,26). The first-order chi connectivity index (χ1) is 13.1. The van der Waals surface area contributed by atoms with E-state index in [0.717, 1.165) is 24.8 Å². The highest BCUT2D eigenvalue weighted by molar-refractivity contribution is 7.13. The molecular weight excluding hydrogens is 356 g/mol. The van der Waals surface area contributed by atoms with Gasteiger partial charge in [-0.15, -0.1) is 11.3 Å². The number of hydrogen-bond donors (Lipinski definition) is 1. The summed E-state index contributed by atoms with van der Waals surface area (Å²) in [6.07, 6.45) is 5.16. The number of thiophene rings is 1. The Labute approximate surface area is 164 Å². The number of piperidine rings is 1. The van der Waals surface area contributed by atoms with Gasteiger partial charge in [0.15, 0.2) is 0 Å². The zero-order valence-corrected chi connectivity index (χ0v) is 16.3. The molecule has 1 aliphatic heterocycles. The fourth-order valence-corrected chi connectivity index (χ4v) is 4.97. The average Bonchev–Trinajstić information content (AvgIpc) is 3.15. The first-order valence-electron chi connectivity index (χ1n) is 9.79. The maximum absolute atomic E-state index is 12.5. The lowest BCUT2D eigenvalue weighted by Gasteiger charge is -2.42. The number of nitrogens with zero attached hydrogens (tertiary/aromatic N) is 1. The Morgan fingerprint density at radius 1 is 1.15 bits per heavy atom. The zero-order chi connectivity index (χ0) is 18.9. The van der Waals surface area contributed by atoms with Crippen LogP contribution < -0.4 is 5.73 Å². The molecule has 1 aromatic carbocycles. The predicted molar refractivity (Wildman–Crippen MR) is 108 cm³/mol. The molecule has 2 aromatic rings. The van der Waals surface area contributed by atoms with Crippen molar-refractivity contribution in [2.24, 2.45) is 17.1 Å². The molecule has 2 fully saturated rings. The van der Waals surface area contributed by atoms with Crippen LogP contribution in [0.15, 0.2) is 41.8 Å². The number of carbonyl (C=O) groups is 2. The zero-order valence-electron chi connectivity index (χ0n) is 15.5. The van der Waals surface area contributed by atoms with Crippen molar-refractivity contribution < 1.29 is 9.59 Å². The van der Waals surface area contributed by atoms with Crippen LogP contribution in [-0.2, 0) is 16.0 Å². The van der Waals surface area contributed by atoms with Gasteiger partial charge in [-0.3, -0.25) is 9.59 Å². The van der Waals surface area contributed by atoms with Gasteiger partial charge in [-0.1, -0.05) is 36.8 Å². The van der Waals surface area contributed by atoms with Crippen LogP contribution in [0.3, 0.4) is 0 Å². The van der Waals surface area contributed by atoms with Gasteiger partial charge in [0.25, 0.3) is 0 Å². The molecule has 1 saturated carbocycles. The summed E-state index contributed by atoms with van der Waals surface area (Å²) in [6, 6.07) is 12.6. The topological polar surface area (TPSA) is 63.4 Å². The molecule has 2 aliphatic rings. The highest BCUT2D eigenvalue weighted by atomic mass is 32.1. The molecule has 0 unspecified atom stereocenters. The molecule has 142 valence electrons. The summed E-state index contributed by atoms with van der Waals surface area (Å²) in [7, 11) is 0. The Morgan fingerprint density at radius 2 is 1.93 bits per heavy atom. The van der Waals surface area contributed by atoms with Gasteiger partial charge in [0.05, 0.1) is 5.41 Å². The fourth-order valence-electron chi connectivity index (χ4n) is 4.25. The largest absolute Gasteiger partial charge is 0.369 e. The van der Waals surface area contributed by atoms with E-state index in [2.05, 4.69) is 29.6 Å². The second-order valence-electron chi connectivity index (χ2n) is 7.95. The minimum Gasteiger partial charge on any atom is -0.369 e. The van der Waals surface area contributed by atoms with E-state index in [0.29, 0.717) is 32.4 Å². The smallest absolute Gasteiger partial charge is 0.225 e. The van der Waals surface area contributed by atoms with Crippen molar-refractivity contribution in [3.05, 3.63) is 47.3 Å². The third-order valence-corrected chi connectivity index (χ3v) is 7.20. The average molecular weight is 383 g/mol. The van der Waals surface area contributed by atoms with Gasteiger partial charge < -0.3 is 10.6 Å². The van der Waals surface area contributed by atoms with Crippen LogP contribution in [0.2, 0.25) is 0 Å². The van der Waals surface area contributed by atoms with Crippen LogP contribution in [-0.4, -0.2) is 29.8 Å². The van der Waals surface area contributed by atoms with E-state index in [1.54, 1.807) is 11.3 Å². The Balaban J connectivity index is 1.48. The molecule has 27 heavy (non-hydrogen) atoms. The Morgan fingerprint density at radius 3 is 2.52 bits per heavy atom. The maximum atomic E-state index is 12.5. The quantitative estimate of drug-likeness (QED) is 0.854. The molecule has 2 N–H and O–H groups in total. The summed E-state index contributed by atoms with van der Waals surface area (Å²) < 4.78 is 0. The molecule has 0 bridgehead atoms. The molecule has 0 atom stereocenters. The van der Waals surface area contributed by atoms with Crippen LogP contribution in [0.1, 0.15) is 37.7 Å². The van der Waals surface area contributed by atoms with E-state index < -0.39 is 5.41 Å². The lowest BCUT2D eigenvalue weighted by atomic mass is 9.72. The molecular formula is C22H26N2O2S. The van der Waals surface area contributed by atoms with Gasteiger partial charge in [-0.25, -0.2) is 0 Å². The Kier molecular flexibility index (Phi) is 5.04. The van der Waals surface area contributed by atoms with Crippen LogP contribution in [0, 0.1) is 11.3 Å². The van der Waals surface area contributed by atoms with E-state index in [9.17, 15) is 9.59 Å². The molecule has 0 radical (unpaired) electrons. The van der Waals surface area contributed by atoms with Gasteiger partial charge in [-0.2, -0.15) is 0 Å². The third kappa shape index (κ3) is 3.65. The summed E-state index contributed by atoms with van der Waals surface area (Å²) in [5.74, 6) is 0.257. The molecule has 4 rings (SSSR count). The van der Waals surface area contributed by atoms with E-state index in [4.69, 9.17) is 5.73 Å². The second-order valence-corrected chi connectivity index (χ2v) is 8.90. The Bertz CT molecular complexity index is 819. The van der Waals surface area contributed by atoms with Gasteiger partial charge >= 0.3 is 0 Å². The summed E-state index contributed by atoms with van der Waals surface area (Å²) in [5.41, 5.74) is 7.63. The monoisotopic (exact) mass is 382 g/mol. The minimum atomic E-state index is -0.551. The number of amides is 2. The van der Waals surface area contributed by atoms with E-state index in [1.807, 2.05) is 17.0 Å². The van der Waals surface area contributed by atoms with Crippen molar-refractivity contribution in [3.63, 3.8) is 0 Å². The number of rotatable bonds is 5. The third-order valence-electron chi connectivity index (χ3n) is 6.28. The van der Waals surface area contributed by atoms with E-state index in [1.165, 1.54) is 10.4 Å². The van der Waals surface area contributed by atoms with Gasteiger partial charge in [0.1, 0.15) is 0 Å². The first kappa shape index (κ1) is 18.2. The molecule has 2 amide bonds. The molecule has 0 spiro atoms. The maximum Gasteiger partial charge on any atom is 0.225 e. The van der Waals surface area contributed by atoms with Crippen molar-refractivity contribution in [2.75, 3.05) is 13.1 Å². The second kappa shape index (κ2) is 7.47. The first-order valence-corrected chi connectivity index (χ1v) is 10.7. The lowest BCUT2D eigenvalue weighted by molar-refractivity contribution is -0.144. The molecule has 4 nitrogen and oxygen atoms in total. The predicted octanol–water partition coefficient (Wildman–Crippen LogP) is 3.85. The summed E-state index contributed by atoms with van der Waals surface area (Å²) in [6.45, 7) is 1.28. The number of primary amides is 1. The summed E-state index contributed by atoms with van der Waals surface area (Å²) in [5, 5.41) is 2.07. The normalized spacial score (nSPS) is 19.5. The van der Waals surface area contributed by atoms with Gasteiger partial charge in [0, 0.05) is 23.9 Å². The van der Waals surface area contributed by atoms with Gasteiger partial charge in [0.2, 0.25) is 11.8 Å². The van der Waals surface area contributed by atoms with Crippen LogP contribution in [0.4, 0.5) is 0 Å². The summed E-state index contributed by atoms with van der Waals surface area (Å²) in [4.78, 5) is 28.1. The van der Waals surface area contributed by atoms with Crippen LogP contribution in [0.5, 0.6) is 0 Å². The number of hydrogen-bond acceptors (Lipinski definition) is 3. The van der Waals surface area contributed by atoms with E-state index in [-0.39, 0.29) is 17.7 Å². The van der Waals surface area contributed by atoms with Crippen LogP contribution >= 0.6 is 11.3 Å². The van der Waals surface area contributed by atoms with Crippen LogP contribution in [0.25, 0.3) is 10.4 Å². The highest BCUT2D eigenvalue weighted by Gasteiger charge is 2.42. The SMILES string of the molecule is NC(=O)C1(Cc2cccc(-c3cccs3)c2)CCN(C(=O)C2CCC2)CC1. The molecule has 2 heterocycles. The summed E-state index contributed by atoms with van der Waals surface area (Å²) >= 11 is 1.71. The van der Waals surface area contributed by atoms with Gasteiger partial charge in [-0.05, 0) is 54.7 Å². The molecule has 1 aromatic heterocycles. The van der Waals surface area contributed by atoms with Crippen molar-refractivity contribution in [1.82, 2.24) is 4.90 Å². The number of carbonyl (C=O) groups excluding carboxylic acids is 2. The van der Waals surface area contributed by atoms with Crippen molar-refractivity contribution >= 4 is 23.2 Å². The lowest BCUT2D eigenvalue weighted by Crippen LogP contribution is -2.51. The molecule has 5 heteroatoms. The van der Waals surface area contributed by atoms with Crippen molar-refractivity contribution in [2.45, 2.75) is 38.5 Å². The van der Waals surface area contributed by atoms with E-state index >= 15 is 0 Å². The highest BCUT2D eigenvalue weighted by Crippen LogP contribution is 2.38. The van der Waals surface area contributed by atoms with Crippen molar-refractivity contribution in [1.29, 1.82) is 0 Å². The molecule has 1 saturated heterocycles. The minimum absolute atomic E-state index is 0.216.